The van der Waals surface area contributed by atoms with Gasteiger partial charge in [-0.05, 0) is 29.2 Å². The van der Waals surface area contributed by atoms with E-state index in [1.807, 2.05) is 37.4 Å². The molecular weight excluding hydrogens is 430 g/mol. The SMILES string of the molecule is CCn1cc2c(n1)C(O)CC1(CCN(C(=O)OCC3c4ccccc4-c4ccccc43)CC1)O2. The second-order valence-corrected chi connectivity index (χ2v) is 9.53. The second kappa shape index (κ2) is 8.17. The van der Waals surface area contributed by atoms with Crippen molar-refractivity contribution in [2.24, 2.45) is 0 Å². The summed E-state index contributed by atoms with van der Waals surface area (Å²) >= 11 is 0. The molecule has 1 atom stereocenters. The van der Waals surface area contributed by atoms with Gasteiger partial charge in [0.05, 0.1) is 6.20 Å². The predicted octanol–water partition coefficient (Wildman–Crippen LogP) is 4.50. The summed E-state index contributed by atoms with van der Waals surface area (Å²) in [6, 6.07) is 16.7. The molecule has 0 saturated carbocycles. The Kier molecular flexibility index (Phi) is 5.10. The number of fused-ring (bicyclic) bond motifs is 4. The van der Waals surface area contributed by atoms with Gasteiger partial charge >= 0.3 is 6.09 Å². The van der Waals surface area contributed by atoms with Gasteiger partial charge in [0.15, 0.2) is 5.75 Å². The van der Waals surface area contributed by atoms with Gasteiger partial charge in [-0.15, -0.1) is 0 Å². The van der Waals surface area contributed by atoms with Crippen LogP contribution in [0.5, 0.6) is 5.75 Å². The average Bonchev–Trinajstić information content (AvgIpc) is 3.42. The van der Waals surface area contributed by atoms with Crippen LogP contribution in [0.1, 0.15) is 55.0 Å². The number of hydrogen-bond donors (Lipinski definition) is 1. The summed E-state index contributed by atoms with van der Waals surface area (Å²) in [4.78, 5) is 14.7. The molecule has 1 unspecified atom stereocenters. The van der Waals surface area contributed by atoms with E-state index in [-0.39, 0.29) is 12.0 Å². The van der Waals surface area contributed by atoms with Crippen LogP contribution in [0.25, 0.3) is 11.1 Å². The predicted molar refractivity (Wildman–Crippen MR) is 127 cm³/mol. The largest absolute Gasteiger partial charge is 0.483 e. The van der Waals surface area contributed by atoms with Gasteiger partial charge in [0.2, 0.25) is 0 Å². The number of amides is 1. The molecule has 2 aromatic carbocycles. The standard InChI is InChI=1S/C27H29N3O4/c1-2-30-16-24-25(28-30)23(31)15-27(34-24)11-13-29(14-12-27)26(32)33-17-22-20-9-5-3-7-18(20)19-8-4-6-10-21(19)22/h3-10,16,22-23,31H,2,11-15,17H2,1H3. The van der Waals surface area contributed by atoms with Gasteiger partial charge in [0.25, 0.3) is 0 Å². The Morgan fingerprint density at radius 1 is 1.12 bits per heavy atom. The average molecular weight is 460 g/mol. The highest BCUT2D eigenvalue weighted by Crippen LogP contribution is 2.45. The van der Waals surface area contributed by atoms with E-state index >= 15 is 0 Å². The third-order valence-electron chi connectivity index (χ3n) is 7.56. The van der Waals surface area contributed by atoms with E-state index in [0.717, 1.165) is 6.54 Å². The van der Waals surface area contributed by atoms with E-state index < -0.39 is 11.7 Å². The van der Waals surface area contributed by atoms with Crippen molar-refractivity contribution in [3.8, 4) is 16.9 Å². The normalized spacial score (nSPS) is 20.4. The third kappa shape index (κ3) is 3.46. The molecule has 7 nitrogen and oxygen atoms in total. The minimum Gasteiger partial charge on any atom is -0.483 e. The summed E-state index contributed by atoms with van der Waals surface area (Å²) in [6.45, 7) is 4.14. The third-order valence-corrected chi connectivity index (χ3v) is 7.56. The van der Waals surface area contributed by atoms with Crippen LogP contribution in [0.15, 0.2) is 54.7 Å². The fourth-order valence-corrected chi connectivity index (χ4v) is 5.70. The van der Waals surface area contributed by atoms with Crippen LogP contribution in [0.3, 0.4) is 0 Å². The van der Waals surface area contributed by atoms with Gasteiger partial charge in [-0.1, -0.05) is 48.5 Å². The van der Waals surface area contributed by atoms with Crippen molar-refractivity contribution in [1.82, 2.24) is 14.7 Å². The van der Waals surface area contributed by atoms with Crippen molar-refractivity contribution < 1.29 is 19.4 Å². The molecule has 0 bridgehead atoms. The first-order valence-electron chi connectivity index (χ1n) is 12.1. The lowest BCUT2D eigenvalue weighted by Gasteiger charge is -2.44. The molecule has 1 amide bonds. The number of aliphatic hydroxyl groups is 1. The van der Waals surface area contributed by atoms with Crippen LogP contribution in [-0.2, 0) is 11.3 Å². The quantitative estimate of drug-likeness (QED) is 0.624. The van der Waals surface area contributed by atoms with Crippen molar-refractivity contribution in [2.75, 3.05) is 19.7 Å². The lowest BCUT2D eigenvalue weighted by Crippen LogP contribution is -2.51. The molecule has 7 heteroatoms. The maximum absolute atomic E-state index is 13.0. The molecule has 1 saturated heterocycles. The summed E-state index contributed by atoms with van der Waals surface area (Å²) in [5, 5.41) is 15.1. The van der Waals surface area contributed by atoms with Crippen molar-refractivity contribution in [3.05, 3.63) is 71.5 Å². The molecule has 3 aromatic rings. The first kappa shape index (κ1) is 21.2. The summed E-state index contributed by atoms with van der Waals surface area (Å²) in [6.07, 6.45) is 2.75. The number of hydrogen-bond acceptors (Lipinski definition) is 5. The van der Waals surface area contributed by atoms with Gasteiger partial charge in [-0.25, -0.2) is 4.79 Å². The van der Waals surface area contributed by atoms with Crippen LogP contribution in [-0.4, -0.2) is 51.2 Å². The van der Waals surface area contributed by atoms with Gasteiger partial charge in [0.1, 0.15) is 24.0 Å². The molecule has 3 aliphatic rings. The zero-order valence-corrected chi connectivity index (χ0v) is 19.3. The van der Waals surface area contributed by atoms with Crippen molar-refractivity contribution in [3.63, 3.8) is 0 Å². The molecule has 1 N–H and O–H groups in total. The number of ether oxygens (including phenoxy) is 2. The number of piperidine rings is 1. The molecule has 1 aliphatic carbocycles. The van der Waals surface area contributed by atoms with E-state index in [1.165, 1.54) is 22.3 Å². The number of aliphatic hydroxyl groups excluding tert-OH is 1. The molecule has 1 fully saturated rings. The highest BCUT2D eigenvalue weighted by atomic mass is 16.6. The summed E-state index contributed by atoms with van der Waals surface area (Å²) in [5.74, 6) is 0.716. The highest BCUT2D eigenvalue weighted by molar-refractivity contribution is 5.79. The molecule has 1 aromatic heterocycles. The molecule has 2 aliphatic heterocycles. The number of aromatic nitrogens is 2. The molecule has 3 heterocycles. The van der Waals surface area contributed by atoms with Gasteiger partial charge in [-0.2, -0.15) is 5.10 Å². The lowest BCUT2D eigenvalue weighted by molar-refractivity contribution is -0.0528. The number of aryl methyl sites for hydroxylation is 1. The summed E-state index contributed by atoms with van der Waals surface area (Å²) in [5.41, 5.74) is 5.01. The van der Waals surface area contributed by atoms with E-state index in [0.29, 0.717) is 50.4 Å². The van der Waals surface area contributed by atoms with Crippen LogP contribution in [0, 0.1) is 0 Å². The first-order chi connectivity index (χ1) is 16.6. The van der Waals surface area contributed by atoms with Gasteiger partial charge in [-0.3, -0.25) is 4.68 Å². The fraction of sp³-hybridized carbons (Fsp3) is 0.407. The summed E-state index contributed by atoms with van der Waals surface area (Å²) in [7, 11) is 0. The zero-order chi connectivity index (χ0) is 23.3. The second-order valence-electron chi connectivity index (χ2n) is 9.53. The van der Waals surface area contributed by atoms with E-state index in [1.54, 1.807) is 9.58 Å². The van der Waals surface area contributed by atoms with Gasteiger partial charge < -0.3 is 19.5 Å². The Bertz CT molecular complexity index is 1180. The van der Waals surface area contributed by atoms with Crippen LogP contribution in [0.2, 0.25) is 0 Å². The van der Waals surface area contributed by atoms with E-state index in [9.17, 15) is 9.90 Å². The van der Waals surface area contributed by atoms with Crippen molar-refractivity contribution in [1.29, 1.82) is 0 Å². The fourth-order valence-electron chi connectivity index (χ4n) is 5.70. The zero-order valence-electron chi connectivity index (χ0n) is 19.3. The number of carbonyl (C=O) groups is 1. The van der Waals surface area contributed by atoms with Crippen LogP contribution < -0.4 is 4.74 Å². The van der Waals surface area contributed by atoms with Crippen molar-refractivity contribution in [2.45, 2.75) is 50.4 Å². The van der Waals surface area contributed by atoms with Crippen LogP contribution in [0.4, 0.5) is 4.79 Å². The lowest BCUT2D eigenvalue weighted by atomic mass is 9.83. The smallest absolute Gasteiger partial charge is 0.409 e. The molecule has 34 heavy (non-hydrogen) atoms. The minimum atomic E-state index is -0.641. The topological polar surface area (TPSA) is 76.8 Å². The Morgan fingerprint density at radius 2 is 1.76 bits per heavy atom. The number of nitrogens with zero attached hydrogens (tertiary/aromatic N) is 3. The Hall–Kier alpha value is -3.32. The number of rotatable bonds is 3. The van der Waals surface area contributed by atoms with Crippen molar-refractivity contribution >= 4 is 6.09 Å². The van der Waals surface area contributed by atoms with E-state index in [4.69, 9.17) is 9.47 Å². The maximum atomic E-state index is 13.0. The number of carbonyl (C=O) groups excluding carboxylic acids is 1. The monoisotopic (exact) mass is 459 g/mol. The first-order valence-corrected chi connectivity index (χ1v) is 12.1. The number of benzene rings is 2. The maximum Gasteiger partial charge on any atom is 0.409 e. The molecule has 176 valence electrons. The van der Waals surface area contributed by atoms with Gasteiger partial charge in [0, 0.05) is 44.8 Å². The number of likely N-dealkylation sites (tertiary alicyclic amines) is 1. The Labute approximate surface area is 198 Å². The Balaban J connectivity index is 1.10. The molecule has 6 rings (SSSR count). The van der Waals surface area contributed by atoms with Crippen LogP contribution >= 0.6 is 0 Å². The highest BCUT2D eigenvalue weighted by Gasteiger charge is 2.45. The molecular formula is C27H29N3O4. The molecule has 1 spiro atoms. The Morgan fingerprint density at radius 3 is 2.41 bits per heavy atom. The minimum absolute atomic E-state index is 0.0535. The van der Waals surface area contributed by atoms with E-state index in [2.05, 4.69) is 29.4 Å². The molecule has 0 radical (unpaired) electrons. The summed E-state index contributed by atoms with van der Waals surface area (Å²) < 4.78 is 14.0.